The first-order chi connectivity index (χ1) is 17.5. The van der Waals surface area contributed by atoms with Crippen LogP contribution in [0, 0.1) is 11.0 Å². The first-order valence-electron chi connectivity index (χ1n) is 11.6. The fourth-order valence-electron chi connectivity index (χ4n) is 3.84. The summed E-state index contributed by atoms with van der Waals surface area (Å²) in [6.45, 7) is 5.08. The molecule has 196 valence electrons. The number of nitrogens with one attached hydrogen (secondary N) is 1. The van der Waals surface area contributed by atoms with Gasteiger partial charge in [0.15, 0.2) is 12.4 Å². The third kappa shape index (κ3) is 6.16. The highest BCUT2D eigenvalue weighted by Gasteiger charge is 2.34. The van der Waals surface area contributed by atoms with Crippen molar-refractivity contribution in [2.75, 3.05) is 18.0 Å². The summed E-state index contributed by atoms with van der Waals surface area (Å²) in [5.74, 6) is -1.76. The van der Waals surface area contributed by atoms with E-state index >= 15 is 4.39 Å². The summed E-state index contributed by atoms with van der Waals surface area (Å²) < 4.78 is 54.2. The summed E-state index contributed by atoms with van der Waals surface area (Å²) in [5, 5.41) is 12.4. The number of aryl methyl sites for hydroxylation is 1. The number of benzene rings is 2. The lowest BCUT2D eigenvalue weighted by molar-refractivity contribution is -0.606. The van der Waals surface area contributed by atoms with Crippen LogP contribution in [0.1, 0.15) is 42.3 Å². The second-order valence-corrected chi connectivity index (χ2v) is 8.06. The SMILES string of the molecule is CCc1ccccc1-c1ccc(N(CC)C(=O)N(CC)NC(=O)c2cc(C(F)(F)F)c[n+]([O-])c2)c(F)c1. The van der Waals surface area contributed by atoms with Crippen molar-refractivity contribution in [1.29, 1.82) is 0 Å². The monoisotopic (exact) mass is 518 g/mol. The van der Waals surface area contributed by atoms with Crippen molar-refractivity contribution >= 4 is 17.6 Å². The van der Waals surface area contributed by atoms with E-state index in [-0.39, 0.29) is 23.5 Å². The Bertz CT molecular complexity index is 1300. The van der Waals surface area contributed by atoms with Crippen molar-refractivity contribution in [2.45, 2.75) is 33.4 Å². The van der Waals surface area contributed by atoms with E-state index in [9.17, 15) is 28.0 Å². The summed E-state index contributed by atoms with van der Waals surface area (Å²) >= 11 is 0. The molecule has 0 aliphatic rings. The number of nitrogens with zero attached hydrogens (tertiary/aromatic N) is 3. The summed E-state index contributed by atoms with van der Waals surface area (Å²) in [7, 11) is 0. The Morgan fingerprint density at radius 2 is 1.70 bits per heavy atom. The molecular weight excluding hydrogens is 492 g/mol. The van der Waals surface area contributed by atoms with Gasteiger partial charge in [0.1, 0.15) is 16.9 Å². The van der Waals surface area contributed by atoms with Gasteiger partial charge >= 0.3 is 12.2 Å². The van der Waals surface area contributed by atoms with E-state index in [0.717, 1.165) is 27.5 Å². The average molecular weight is 519 g/mol. The highest BCUT2D eigenvalue weighted by atomic mass is 19.4. The Morgan fingerprint density at radius 3 is 2.30 bits per heavy atom. The molecule has 1 heterocycles. The van der Waals surface area contributed by atoms with Crippen molar-refractivity contribution < 1.29 is 31.9 Å². The average Bonchev–Trinajstić information content (AvgIpc) is 2.87. The third-order valence-corrected chi connectivity index (χ3v) is 5.71. The van der Waals surface area contributed by atoms with Crippen LogP contribution in [-0.2, 0) is 12.6 Å². The van der Waals surface area contributed by atoms with Crippen LogP contribution in [0.5, 0.6) is 0 Å². The van der Waals surface area contributed by atoms with Crippen molar-refractivity contribution in [1.82, 2.24) is 10.4 Å². The predicted octanol–water partition coefficient (Wildman–Crippen LogP) is 5.32. The Morgan fingerprint density at radius 1 is 1.00 bits per heavy atom. The second-order valence-electron chi connectivity index (χ2n) is 8.06. The van der Waals surface area contributed by atoms with Crippen LogP contribution in [0.15, 0.2) is 60.9 Å². The zero-order chi connectivity index (χ0) is 27.3. The number of aromatic nitrogens is 1. The fraction of sp³-hybridized carbons (Fsp3) is 0.269. The highest BCUT2D eigenvalue weighted by molar-refractivity contribution is 5.98. The van der Waals surface area contributed by atoms with Gasteiger partial charge in [-0.05, 0) is 55.2 Å². The lowest BCUT2D eigenvalue weighted by Crippen LogP contribution is -2.52. The van der Waals surface area contributed by atoms with E-state index < -0.39 is 35.1 Å². The molecule has 1 N–H and O–H groups in total. The molecule has 7 nitrogen and oxygen atoms in total. The van der Waals surface area contributed by atoms with Crippen LogP contribution in [0.3, 0.4) is 0 Å². The number of rotatable bonds is 6. The number of carbonyl (C=O) groups excluding carboxylic acids is 2. The largest absolute Gasteiger partial charge is 0.619 e. The Balaban J connectivity index is 1.86. The topological polar surface area (TPSA) is 79.6 Å². The summed E-state index contributed by atoms with van der Waals surface area (Å²) in [6, 6.07) is 11.7. The van der Waals surface area contributed by atoms with Gasteiger partial charge < -0.3 is 5.21 Å². The van der Waals surface area contributed by atoms with E-state index in [1.54, 1.807) is 13.0 Å². The smallest absolute Gasteiger partial charge is 0.422 e. The van der Waals surface area contributed by atoms with Gasteiger partial charge in [-0.15, -0.1) is 0 Å². The number of carbonyl (C=O) groups is 2. The Labute approximate surface area is 211 Å². The molecule has 0 atom stereocenters. The number of hydrogen-bond donors (Lipinski definition) is 1. The minimum absolute atomic E-state index is 0.0330. The Hall–Kier alpha value is -4.15. The molecule has 37 heavy (non-hydrogen) atoms. The molecule has 0 aliphatic heterocycles. The van der Waals surface area contributed by atoms with Gasteiger partial charge in [0.25, 0.3) is 5.91 Å². The zero-order valence-corrected chi connectivity index (χ0v) is 20.5. The molecule has 0 saturated carbocycles. The molecule has 0 unspecified atom stereocenters. The maximum Gasteiger partial charge on any atom is 0.422 e. The van der Waals surface area contributed by atoms with E-state index in [0.29, 0.717) is 24.0 Å². The quantitative estimate of drug-likeness (QED) is 0.208. The van der Waals surface area contributed by atoms with E-state index in [2.05, 4.69) is 5.43 Å². The first kappa shape index (κ1) is 27.4. The zero-order valence-electron chi connectivity index (χ0n) is 20.5. The number of anilines is 1. The van der Waals surface area contributed by atoms with Crippen molar-refractivity contribution in [3.63, 3.8) is 0 Å². The van der Waals surface area contributed by atoms with Crippen LogP contribution >= 0.6 is 0 Å². The number of urea groups is 1. The van der Waals surface area contributed by atoms with Crippen LogP contribution in [-0.4, -0.2) is 30.0 Å². The fourth-order valence-corrected chi connectivity index (χ4v) is 3.84. The maximum absolute atomic E-state index is 15.2. The molecule has 3 amide bonds. The van der Waals surface area contributed by atoms with Gasteiger partial charge in [-0.25, -0.2) is 14.2 Å². The van der Waals surface area contributed by atoms with Crippen LogP contribution < -0.4 is 15.1 Å². The molecule has 2 aromatic carbocycles. The minimum atomic E-state index is -4.84. The third-order valence-electron chi connectivity index (χ3n) is 5.71. The molecule has 3 aromatic rings. The molecule has 0 saturated heterocycles. The van der Waals surface area contributed by atoms with Crippen LogP contribution in [0.4, 0.5) is 28.0 Å². The minimum Gasteiger partial charge on any atom is -0.619 e. The lowest BCUT2D eigenvalue weighted by atomic mass is 9.98. The molecular formula is C26H26F4N4O3. The van der Waals surface area contributed by atoms with Gasteiger partial charge in [0.05, 0.1) is 5.69 Å². The Kier molecular flexibility index (Phi) is 8.36. The van der Waals surface area contributed by atoms with Gasteiger partial charge in [-0.2, -0.15) is 17.9 Å². The molecule has 0 spiro atoms. The molecule has 0 radical (unpaired) electrons. The lowest BCUT2D eigenvalue weighted by Gasteiger charge is -2.29. The molecule has 0 bridgehead atoms. The van der Waals surface area contributed by atoms with Crippen molar-refractivity contribution in [2.24, 2.45) is 0 Å². The normalized spacial score (nSPS) is 11.2. The van der Waals surface area contributed by atoms with Gasteiger partial charge in [0.2, 0.25) is 0 Å². The first-order valence-corrected chi connectivity index (χ1v) is 11.6. The van der Waals surface area contributed by atoms with E-state index in [1.807, 2.05) is 31.2 Å². The number of alkyl halides is 3. The van der Waals surface area contributed by atoms with Crippen molar-refractivity contribution in [3.05, 3.63) is 88.6 Å². The molecule has 0 fully saturated rings. The number of hydrogen-bond acceptors (Lipinski definition) is 3. The number of halogens is 4. The van der Waals surface area contributed by atoms with Gasteiger partial charge in [-0.1, -0.05) is 37.3 Å². The summed E-state index contributed by atoms with van der Waals surface area (Å²) in [4.78, 5) is 26.9. The summed E-state index contributed by atoms with van der Waals surface area (Å²) in [5.41, 5.74) is 2.80. The molecule has 11 heteroatoms. The van der Waals surface area contributed by atoms with Crippen LogP contribution in [0.2, 0.25) is 0 Å². The van der Waals surface area contributed by atoms with E-state index in [1.165, 1.54) is 19.1 Å². The van der Waals surface area contributed by atoms with Crippen molar-refractivity contribution in [3.8, 4) is 11.1 Å². The molecule has 3 rings (SSSR count). The number of amides is 3. The molecule has 1 aromatic heterocycles. The predicted molar refractivity (Wildman–Crippen MR) is 130 cm³/mol. The van der Waals surface area contributed by atoms with Crippen LogP contribution in [0.25, 0.3) is 11.1 Å². The summed E-state index contributed by atoms with van der Waals surface area (Å²) in [6.07, 6.45) is -3.14. The van der Waals surface area contributed by atoms with Gasteiger partial charge in [-0.3, -0.25) is 15.1 Å². The standard InChI is InChI=1S/C26H26F4N4O3/c1-4-17-9-7-8-10-21(17)18-11-12-23(22(27)14-18)33(5-2)25(36)34(6-3)31-24(35)19-13-20(26(28,29)30)16-32(37)15-19/h7-16H,4-6H2,1-3H3,(H,31,35). The highest BCUT2D eigenvalue weighted by Crippen LogP contribution is 2.30. The van der Waals surface area contributed by atoms with Gasteiger partial charge in [0, 0.05) is 13.1 Å². The number of hydrazine groups is 1. The maximum atomic E-state index is 15.2. The molecule has 0 aliphatic carbocycles. The second kappa shape index (κ2) is 11.3. The van der Waals surface area contributed by atoms with E-state index in [4.69, 9.17) is 0 Å². The number of pyridine rings is 1.